The Bertz CT molecular complexity index is 2780. The Balaban J connectivity index is 0.000000230. The van der Waals surface area contributed by atoms with Gasteiger partial charge in [0.1, 0.15) is 40.2 Å². The number of aromatic carboxylic acids is 1. The maximum absolute atomic E-state index is 12.2. The Labute approximate surface area is 404 Å². The van der Waals surface area contributed by atoms with Crippen molar-refractivity contribution in [3.63, 3.8) is 0 Å². The van der Waals surface area contributed by atoms with E-state index < -0.39 is 29.9 Å². The molecular formula is C53H57N3O14. The van der Waals surface area contributed by atoms with E-state index in [0.717, 1.165) is 17.2 Å². The topological polar surface area (TPSA) is 282 Å². The molecule has 0 spiro atoms. The number of carboxylic acid groups (broad SMARTS) is 3. The summed E-state index contributed by atoms with van der Waals surface area (Å²) < 4.78 is 10.7. The SMILES string of the molecule is CC1=C(/C=C/C(C)=C\C=C\C(C)=C\C(=O)O)C(C)(C)CCC1.COc1ccc([C@@H]2CC(=O)c3c(O)cc(O)cc3O2)cc1O.O=C(O)CCNC(=O)c1ccc(/N=N/c2ccc(O)c(C(=O)O)c2)cc1. The van der Waals surface area contributed by atoms with E-state index in [1.807, 2.05) is 12.2 Å². The number of phenolic OH excluding ortho intramolecular Hbond substituents is 3. The number of azo groups is 1. The van der Waals surface area contributed by atoms with E-state index in [-0.39, 0.29) is 76.1 Å². The van der Waals surface area contributed by atoms with Crippen molar-refractivity contribution in [2.45, 2.75) is 72.8 Å². The smallest absolute Gasteiger partial charge is 0.339 e. The molecule has 368 valence electrons. The third-order valence-corrected chi connectivity index (χ3v) is 10.9. The molecule has 0 saturated heterocycles. The monoisotopic (exact) mass is 959 g/mol. The maximum atomic E-state index is 12.2. The van der Waals surface area contributed by atoms with Crippen LogP contribution in [0.5, 0.6) is 34.5 Å². The second-order valence-electron chi connectivity index (χ2n) is 16.9. The number of amides is 1. The average Bonchev–Trinajstić information content (AvgIpc) is 3.28. The molecule has 1 aliphatic heterocycles. The summed E-state index contributed by atoms with van der Waals surface area (Å²) in [5.74, 6) is -4.37. The lowest BCUT2D eigenvalue weighted by atomic mass is 9.72. The number of ketones is 1. The minimum absolute atomic E-state index is 0.0249. The lowest BCUT2D eigenvalue weighted by Crippen LogP contribution is -2.25. The summed E-state index contributed by atoms with van der Waals surface area (Å²) in [6, 6.07) is 17.0. The third-order valence-electron chi connectivity index (χ3n) is 10.9. The number of aliphatic carboxylic acids is 2. The molecular weight excluding hydrogens is 903 g/mol. The van der Waals surface area contributed by atoms with Crippen molar-refractivity contribution in [1.82, 2.24) is 5.32 Å². The number of phenols is 4. The molecule has 1 heterocycles. The zero-order valence-electron chi connectivity index (χ0n) is 39.6. The molecule has 6 rings (SSSR count). The van der Waals surface area contributed by atoms with Gasteiger partial charge in [0.05, 0.1) is 31.3 Å². The first kappa shape index (κ1) is 54.1. The molecule has 17 heteroatoms. The average molecular weight is 960 g/mol. The Kier molecular flexibility index (Phi) is 19.4. The number of carboxylic acids is 3. The number of nitrogens with zero attached hydrogens (tertiary/aromatic N) is 2. The zero-order valence-corrected chi connectivity index (χ0v) is 39.6. The highest BCUT2D eigenvalue weighted by Gasteiger charge is 2.31. The summed E-state index contributed by atoms with van der Waals surface area (Å²) in [4.78, 5) is 55.9. The number of Topliss-reactive ketones (excluding diaryl/α,β-unsaturated/α-hetero) is 1. The van der Waals surface area contributed by atoms with Crippen LogP contribution in [0, 0.1) is 5.41 Å². The number of methoxy groups -OCH3 is 1. The number of fused-ring (bicyclic) bond motifs is 1. The molecule has 2 aliphatic rings. The number of hydrogen-bond donors (Lipinski definition) is 8. The van der Waals surface area contributed by atoms with Gasteiger partial charge in [0.15, 0.2) is 17.3 Å². The Morgan fingerprint density at radius 3 is 2.16 bits per heavy atom. The van der Waals surface area contributed by atoms with Crippen LogP contribution in [0.2, 0.25) is 0 Å². The molecule has 1 aliphatic carbocycles. The van der Waals surface area contributed by atoms with Gasteiger partial charge in [0.25, 0.3) is 5.91 Å². The Hall–Kier alpha value is -8.47. The highest BCUT2D eigenvalue weighted by atomic mass is 16.5. The number of carbonyl (C=O) groups is 5. The highest BCUT2D eigenvalue weighted by molar-refractivity contribution is 6.02. The second-order valence-corrected chi connectivity index (χ2v) is 16.9. The van der Waals surface area contributed by atoms with Crippen LogP contribution in [0.1, 0.15) is 109 Å². The number of aromatic hydroxyl groups is 4. The van der Waals surface area contributed by atoms with Crippen molar-refractivity contribution in [1.29, 1.82) is 0 Å². The van der Waals surface area contributed by atoms with Gasteiger partial charge in [0.2, 0.25) is 0 Å². The van der Waals surface area contributed by atoms with Crippen molar-refractivity contribution in [2.24, 2.45) is 15.6 Å². The number of allylic oxidation sites excluding steroid dienone is 9. The van der Waals surface area contributed by atoms with Gasteiger partial charge in [-0.25, -0.2) is 9.59 Å². The van der Waals surface area contributed by atoms with Crippen LogP contribution in [-0.4, -0.2) is 79.0 Å². The number of rotatable bonds is 14. The zero-order chi connectivity index (χ0) is 51.7. The molecule has 0 unspecified atom stereocenters. The van der Waals surface area contributed by atoms with Gasteiger partial charge in [-0.3, -0.25) is 14.4 Å². The van der Waals surface area contributed by atoms with Gasteiger partial charge in [-0.05, 0) is 117 Å². The second kappa shape index (κ2) is 25.1. The number of hydrogen-bond acceptors (Lipinski definition) is 13. The van der Waals surface area contributed by atoms with Gasteiger partial charge in [-0.15, -0.1) is 0 Å². The Morgan fingerprint density at radius 2 is 1.53 bits per heavy atom. The van der Waals surface area contributed by atoms with Crippen molar-refractivity contribution in [2.75, 3.05) is 13.7 Å². The molecule has 0 saturated carbocycles. The van der Waals surface area contributed by atoms with E-state index in [0.29, 0.717) is 22.6 Å². The number of ether oxygens (including phenoxy) is 2. The van der Waals surface area contributed by atoms with Gasteiger partial charge in [-0.1, -0.05) is 61.4 Å². The van der Waals surface area contributed by atoms with E-state index in [1.165, 1.54) is 98.2 Å². The first-order valence-corrected chi connectivity index (χ1v) is 21.9. The molecule has 0 radical (unpaired) electrons. The van der Waals surface area contributed by atoms with Gasteiger partial charge in [0, 0.05) is 30.3 Å². The van der Waals surface area contributed by atoms with Crippen LogP contribution < -0.4 is 14.8 Å². The largest absolute Gasteiger partial charge is 0.508 e. The fourth-order valence-corrected chi connectivity index (χ4v) is 7.33. The van der Waals surface area contributed by atoms with Crippen molar-refractivity contribution < 1.29 is 69.2 Å². The summed E-state index contributed by atoms with van der Waals surface area (Å²) >= 11 is 0. The summed E-state index contributed by atoms with van der Waals surface area (Å²) in [5.41, 5.74) is 6.49. The molecule has 1 atom stereocenters. The van der Waals surface area contributed by atoms with Crippen LogP contribution in [-0.2, 0) is 9.59 Å². The molecule has 4 aromatic rings. The molecule has 0 bridgehead atoms. The van der Waals surface area contributed by atoms with E-state index in [1.54, 1.807) is 25.1 Å². The summed E-state index contributed by atoms with van der Waals surface area (Å²) in [6.45, 7) is 10.7. The highest BCUT2D eigenvalue weighted by Crippen LogP contribution is 2.43. The van der Waals surface area contributed by atoms with E-state index in [4.69, 9.17) is 24.8 Å². The molecule has 70 heavy (non-hydrogen) atoms. The first-order valence-electron chi connectivity index (χ1n) is 21.9. The number of carbonyl (C=O) groups excluding carboxylic acids is 2. The fraction of sp³-hybridized carbons (Fsp3) is 0.264. The van der Waals surface area contributed by atoms with E-state index >= 15 is 0 Å². The maximum Gasteiger partial charge on any atom is 0.339 e. The molecule has 17 nitrogen and oxygen atoms in total. The molecule has 0 fully saturated rings. The van der Waals surface area contributed by atoms with Crippen LogP contribution in [0.3, 0.4) is 0 Å². The van der Waals surface area contributed by atoms with Gasteiger partial charge < -0.3 is 50.5 Å². The van der Waals surface area contributed by atoms with Crippen molar-refractivity contribution in [3.05, 3.63) is 154 Å². The normalized spacial score (nSPS) is 15.6. The van der Waals surface area contributed by atoms with E-state index in [2.05, 4.69) is 55.4 Å². The van der Waals surface area contributed by atoms with Crippen molar-refractivity contribution in [3.8, 4) is 34.5 Å². The summed E-state index contributed by atoms with van der Waals surface area (Å²) in [5, 5.41) is 75.0. The molecule has 0 aromatic heterocycles. The van der Waals surface area contributed by atoms with E-state index in [9.17, 15) is 44.4 Å². The quantitative estimate of drug-likeness (QED) is 0.0331. The summed E-state index contributed by atoms with van der Waals surface area (Å²) in [6.07, 6.45) is 14.3. The van der Waals surface area contributed by atoms with Gasteiger partial charge >= 0.3 is 17.9 Å². The Morgan fingerprint density at radius 1 is 0.843 bits per heavy atom. The first-order chi connectivity index (χ1) is 33.1. The minimum atomic E-state index is -1.28. The fourth-order valence-electron chi connectivity index (χ4n) is 7.33. The lowest BCUT2D eigenvalue weighted by Gasteiger charge is -2.32. The van der Waals surface area contributed by atoms with Gasteiger partial charge in [-0.2, -0.15) is 10.2 Å². The number of benzene rings is 4. The lowest BCUT2D eigenvalue weighted by molar-refractivity contribution is -0.137. The predicted octanol–water partition coefficient (Wildman–Crippen LogP) is 10.8. The molecule has 1 amide bonds. The number of nitrogens with one attached hydrogen (secondary N) is 1. The van der Waals surface area contributed by atoms with Crippen LogP contribution in [0.4, 0.5) is 11.4 Å². The summed E-state index contributed by atoms with van der Waals surface area (Å²) in [7, 11) is 1.44. The predicted molar refractivity (Wildman–Crippen MR) is 261 cm³/mol. The standard InChI is InChI=1S/C20H28O2.C17H15N3O6.C16H14O6/c1-15(8-6-9-16(2)14-19(21)22)11-12-18-17(3)10-7-13-20(18,4)5;21-14-6-5-12(9-13(14)17(25)26)20-19-11-3-1-10(2-4-11)16(24)18-8-7-15(22)23;1-21-13-3-2-8(4-10(13)18)14-7-12(20)16-11(19)5-9(17)6-15(16)22-14/h6,8-9,11-12,14H,7,10,13H2,1-5H3,(H,21,22);1-6,9,21H,7-8H2,(H,18,24)(H,22,23)(H,25,26);2-6,14,17-19H,7H2,1H3/b9-6+,12-11+,15-8-,16-14+;20-19+;/t;;14-/m..0/s1. The van der Waals surface area contributed by atoms with Crippen LogP contribution in [0.15, 0.2) is 142 Å². The molecule has 4 aromatic carbocycles. The van der Waals surface area contributed by atoms with Crippen LogP contribution >= 0.6 is 0 Å². The van der Waals surface area contributed by atoms with Crippen molar-refractivity contribution >= 4 is 41.0 Å². The third kappa shape index (κ3) is 16.1. The minimum Gasteiger partial charge on any atom is -0.508 e. The molecule has 8 N–H and O–H groups in total. The van der Waals surface area contributed by atoms with Crippen LogP contribution in [0.25, 0.3) is 0 Å².